The number of hydrogen-bond acceptors (Lipinski definition) is 2. The first-order valence-electron chi connectivity index (χ1n) is 2.24. The van der Waals surface area contributed by atoms with Crippen LogP contribution >= 0.6 is 11.6 Å². The van der Waals surface area contributed by atoms with Gasteiger partial charge in [0, 0.05) is 6.61 Å². The van der Waals surface area contributed by atoms with Gasteiger partial charge in [0.05, 0.1) is 0 Å². The number of hydrogen-bond donors (Lipinski definition) is 1. The van der Waals surface area contributed by atoms with Crippen molar-refractivity contribution in [2.24, 2.45) is 0 Å². The molecule has 1 N–H and O–H groups in total. The zero-order valence-electron chi connectivity index (χ0n) is 4.30. The number of halogens is 1. The number of aliphatic hydroxyl groups excluding tert-OH is 1. The molecule has 0 rings (SSSR count). The Labute approximate surface area is 52.8 Å². The Morgan fingerprint density at radius 1 is 1.75 bits per heavy atom. The molecule has 0 aliphatic heterocycles. The lowest BCUT2D eigenvalue weighted by molar-refractivity contribution is -0.107. The maximum atomic E-state index is 9.92. The van der Waals surface area contributed by atoms with Gasteiger partial charge in [-0.3, -0.25) is 4.79 Å². The van der Waals surface area contributed by atoms with Crippen molar-refractivity contribution in [2.75, 3.05) is 6.61 Å². The highest BCUT2D eigenvalue weighted by Gasteiger charge is 1.81. The van der Waals surface area contributed by atoms with Gasteiger partial charge in [-0.25, -0.2) is 0 Å². The second-order valence-electron chi connectivity index (χ2n) is 1.22. The van der Waals surface area contributed by atoms with Crippen LogP contribution in [0.25, 0.3) is 0 Å². The minimum Gasteiger partial charge on any atom is -0.396 e. The van der Waals surface area contributed by atoms with Crippen molar-refractivity contribution >= 4 is 16.8 Å². The van der Waals surface area contributed by atoms with Gasteiger partial charge in [0.2, 0.25) is 5.24 Å². The van der Waals surface area contributed by atoms with Crippen molar-refractivity contribution < 1.29 is 9.90 Å². The third-order valence-electron chi connectivity index (χ3n) is 0.545. The predicted octanol–water partition coefficient (Wildman–Crippen LogP) is 0.690. The highest BCUT2D eigenvalue weighted by Crippen LogP contribution is 1.84. The number of carbonyl (C=O) groups excluding carboxylic acids is 1. The normalized spacial score (nSPS) is 10.2. The Morgan fingerprint density at radius 3 is 2.75 bits per heavy atom. The zero-order valence-corrected chi connectivity index (χ0v) is 5.06. The van der Waals surface area contributed by atoms with Crippen LogP contribution < -0.4 is 0 Å². The fourth-order valence-electron chi connectivity index (χ4n) is 0.251. The highest BCUT2D eigenvalue weighted by atomic mass is 35.5. The summed E-state index contributed by atoms with van der Waals surface area (Å²) in [5.41, 5.74) is 0. The van der Waals surface area contributed by atoms with Gasteiger partial charge in [-0.05, 0) is 24.1 Å². The van der Waals surface area contributed by atoms with Crippen LogP contribution in [0.1, 0.15) is 6.42 Å². The van der Waals surface area contributed by atoms with E-state index in [4.69, 9.17) is 16.7 Å². The van der Waals surface area contributed by atoms with E-state index in [2.05, 4.69) is 0 Å². The third kappa shape index (κ3) is 5.66. The van der Waals surface area contributed by atoms with Crippen molar-refractivity contribution in [3.8, 4) is 0 Å². The molecule has 0 heterocycles. The zero-order chi connectivity index (χ0) is 6.41. The summed E-state index contributed by atoms with van der Waals surface area (Å²) in [5, 5.41) is 7.67. The molecule has 46 valence electrons. The highest BCUT2D eigenvalue weighted by molar-refractivity contribution is 6.66. The van der Waals surface area contributed by atoms with Gasteiger partial charge in [0.1, 0.15) is 0 Å². The van der Waals surface area contributed by atoms with E-state index < -0.39 is 5.24 Å². The first-order chi connectivity index (χ1) is 3.77. The summed E-state index contributed by atoms with van der Waals surface area (Å²) in [4.78, 5) is 9.92. The van der Waals surface area contributed by atoms with Crippen LogP contribution in [-0.4, -0.2) is 17.0 Å². The standard InChI is InChI=1S/C5H7ClO2/c6-5(8)3-1-2-4-7/h1,3,7H,2,4H2/b3-1+. The van der Waals surface area contributed by atoms with E-state index in [1.807, 2.05) is 0 Å². The molecule has 0 atom stereocenters. The van der Waals surface area contributed by atoms with Gasteiger partial charge >= 0.3 is 0 Å². The van der Waals surface area contributed by atoms with Gasteiger partial charge in [0.15, 0.2) is 0 Å². The Hall–Kier alpha value is -0.340. The summed E-state index contributed by atoms with van der Waals surface area (Å²) in [6.07, 6.45) is 3.23. The van der Waals surface area contributed by atoms with E-state index in [0.717, 1.165) is 0 Å². The minimum atomic E-state index is -0.501. The summed E-state index contributed by atoms with van der Waals surface area (Å²) in [6.45, 7) is 0.0562. The van der Waals surface area contributed by atoms with E-state index in [0.29, 0.717) is 6.42 Å². The van der Waals surface area contributed by atoms with Crippen molar-refractivity contribution in [3.63, 3.8) is 0 Å². The summed E-state index contributed by atoms with van der Waals surface area (Å²) in [5.74, 6) is 0. The predicted molar refractivity (Wildman–Crippen MR) is 31.7 cm³/mol. The fourth-order valence-corrected chi connectivity index (χ4v) is 0.340. The molecule has 0 saturated heterocycles. The van der Waals surface area contributed by atoms with Crippen LogP contribution in [-0.2, 0) is 4.79 Å². The summed E-state index contributed by atoms with van der Waals surface area (Å²) < 4.78 is 0. The molecule has 0 amide bonds. The monoisotopic (exact) mass is 134 g/mol. The number of carbonyl (C=O) groups is 1. The number of allylic oxidation sites excluding steroid dienone is 1. The molecule has 0 fully saturated rings. The number of aliphatic hydroxyl groups is 1. The van der Waals surface area contributed by atoms with E-state index in [9.17, 15) is 4.79 Å². The Bertz CT molecular complexity index is 98.6. The Morgan fingerprint density at radius 2 is 2.38 bits per heavy atom. The summed E-state index contributed by atoms with van der Waals surface area (Å²) in [7, 11) is 0. The molecular weight excluding hydrogens is 128 g/mol. The van der Waals surface area contributed by atoms with E-state index in [-0.39, 0.29) is 6.61 Å². The first kappa shape index (κ1) is 7.66. The first-order valence-corrected chi connectivity index (χ1v) is 2.62. The lowest BCUT2D eigenvalue weighted by atomic mass is 10.4. The molecule has 0 aromatic rings. The van der Waals surface area contributed by atoms with Gasteiger partial charge in [-0.1, -0.05) is 6.08 Å². The van der Waals surface area contributed by atoms with E-state index in [1.54, 1.807) is 0 Å². The Balaban J connectivity index is 3.20. The molecule has 8 heavy (non-hydrogen) atoms. The molecule has 3 heteroatoms. The topological polar surface area (TPSA) is 37.3 Å². The van der Waals surface area contributed by atoms with Gasteiger partial charge in [-0.2, -0.15) is 0 Å². The van der Waals surface area contributed by atoms with Gasteiger partial charge in [0.25, 0.3) is 0 Å². The smallest absolute Gasteiger partial charge is 0.244 e. The SMILES string of the molecule is O=C(Cl)/C=C/CCO. The molecule has 0 saturated carbocycles. The van der Waals surface area contributed by atoms with Gasteiger partial charge in [-0.15, -0.1) is 0 Å². The van der Waals surface area contributed by atoms with Crippen LogP contribution in [0.4, 0.5) is 0 Å². The van der Waals surface area contributed by atoms with Crippen molar-refractivity contribution in [2.45, 2.75) is 6.42 Å². The molecule has 0 aromatic heterocycles. The molecule has 0 spiro atoms. The summed E-state index contributed by atoms with van der Waals surface area (Å²) >= 11 is 4.91. The molecule has 0 aliphatic rings. The van der Waals surface area contributed by atoms with Crippen LogP contribution in [0.5, 0.6) is 0 Å². The minimum absolute atomic E-state index is 0.0562. The maximum absolute atomic E-state index is 9.92. The molecular formula is C5H7ClO2. The molecule has 0 radical (unpaired) electrons. The third-order valence-corrected chi connectivity index (χ3v) is 0.671. The van der Waals surface area contributed by atoms with Gasteiger partial charge < -0.3 is 5.11 Å². The lowest BCUT2D eigenvalue weighted by Crippen LogP contribution is -1.78. The summed E-state index contributed by atoms with van der Waals surface area (Å²) in [6, 6.07) is 0. The second-order valence-corrected chi connectivity index (χ2v) is 1.59. The van der Waals surface area contributed by atoms with Crippen LogP contribution in [0.3, 0.4) is 0 Å². The average molecular weight is 135 g/mol. The van der Waals surface area contributed by atoms with Crippen molar-refractivity contribution in [1.82, 2.24) is 0 Å². The maximum Gasteiger partial charge on any atom is 0.244 e. The van der Waals surface area contributed by atoms with Crippen molar-refractivity contribution in [3.05, 3.63) is 12.2 Å². The van der Waals surface area contributed by atoms with Crippen LogP contribution in [0.15, 0.2) is 12.2 Å². The fraction of sp³-hybridized carbons (Fsp3) is 0.400. The largest absolute Gasteiger partial charge is 0.396 e. The van der Waals surface area contributed by atoms with Crippen molar-refractivity contribution in [1.29, 1.82) is 0 Å². The Kier molecular flexibility index (Phi) is 4.61. The molecule has 0 bridgehead atoms. The van der Waals surface area contributed by atoms with Crippen LogP contribution in [0, 0.1) is 0 Å². The molecule has 0 aliphatic carbocycles. The average Bonchev–Trinajstić information content (AvgIpc) is 1.66. The number of rotatable bonds is 3. The molecule has 0 aromatic carbocycles. The van der Waals surface area contributed by atoms with E-state index >= 15 is 0 Å². The molecule has 0 unspecified atom stereocenters. The quantitative estimate of drug-likeness (QED) is 0.456. The van der Waals surface area contributed by atoms with Crippen LogP contribution in [0.2, 0.25) is 0 Å². The van der Waals surface area contributed by atoms with E-state index in [1.165, 1.54) is 12.2 Å². The second kappa shape index (κ2) is 4.81. The molecule has 2 nitrogen and oxygen atoms in total. The lowest BCUT2D eigenvalue weighted by Gasteiger charge is -1.78.